The number of amides is 2. The van der Waals surface area contributed by atoms with Crippen LogP contribution in [-0.2, 0) is 4.79 Å². The van der Waals surface area contributed by atoms with Gasteiger partial charge in [0.2, 0.25) is 5.91 Å². The minimum atomic E-state index is -0.506. The highest BCUT2D eigenvalue weighted by Crippen LogP contribution is 2.45. The Bertz CT molecular complexity index is 1060. The first-order valence-electron chi connectivity index (χ1n) is 10.4. The maximum atomic E-state index is 13.7. The molecule has 2 amide bonds. The number of hydrogen-bond acceptors (Lipinski definition) is 4. The second-order valence-electron chi connectivity index (χ2n) is 8.09. The standard InChI is InChI=1S/C25H26N2O3S/c1-16(2)15-27-23(21-9-6-14-31-21)22(19-7-4-5-8-20(19)25(27)29)24(28)26-17-10-12-18(30-3)13-11-17/h4-14,16,22-23H,15H2,1-3H3,(H,26,28)/t22-,23+/m0/s1. The van der Waals surface area contributed by atoms with Crippen LogP contribution in [0.15, 0.2) is 66.0 Å². The lowest BCUT2D eigenvalue weighted by atomic mass is 9.81. The van der Waals surface area contributed by atoms with Crippen LogP contribution in [0.5, 0.6) is 5.75 Å². The smallest absolute Gasteiger partial charge is 0.254 e. The van der Waals surface area contributed by atoms with Crippen LogP contribution in [0, 0.1) is 5.92 Å². The van der Waals surface area contributed by atoms with E-state index in [9.17, 15) is 9.59 Å². The predicted molar refractivity (Wildman–Crippen MR) is 124 cm³/mol. The van der Waals surface area contributed by atoms with Crippen molar-refractivity contribution >= 4 is 28.8 Å². The molecule has 1 aliphatic rings. The van der Waals surface area contributed by atoms with E-state index < -0.39 is 5.92 Å². The van der Waals surface area contributed by atoms with Gasteiger partial charge in [-0.2, -0.15) is 0 Å². The summed E-state index contributed by atoms with van der Waals surface area (Å²) in [4.78, 5) is 30.0. The Balaban J connectivity index is 1.78. The maximum Gasteiger partial charge on any atom is 0.254 e. The van der Waals surface area contributed by atoms with Gasteiger partial charge >= 0.3 is 0 Å². The molecule has 0 fully saturated rings. The number of nitrogens with one attached hydrogen (secondary N) is 1. The molecule has 2 atom stereocenters. The molecule has 0 saturated carbocycles. The van der Waals surface area contributed by atoms with Gasteiger partial charge in [-0.25, -0.2) is 0 Å². The maximum absolute atomic E-state index is 13.7. The fourth-order valence-electron chi connectivity index (χ4n) is 4.14. The fourth-order valence-corrected chi connectivity index (χ4v) is 5.01. The third kappa shape index (κ3) is 4.21. The minimum Gasteiger partial charge on any atom is -0.497 e. The molecule has 2 heterocycles. The van der Waals surface area contributed by atoms with Crippen molar-refractivity contribution < 1.29 is 14.3 Å². The van der Waals surface area contributed by atoms with E-state index in [1.54, 1.807) is 18.4 Å². The van der Waals surface area contributed by atoms with Crippen LogP contribution in [0.3, 0.4) is 0 Å². The summed E-state index contributed by atoms with van der Waals surface area (Å²) >= 11 is 1.58. The molecule has 6 heteroatoms. The van der Waals surface area contributed by atoms with E-state index in [0.29, 0.717) is 17.8 Å². The number of thiophene rings is 1. The number of anilines is 1. The monoisotopic (exact) mass is 434 g/mol. The molecule has 0 bridgehead atoms. The number of rotatable bonds is 6. The quantitative estimate of drug-likeness (QED) is 0.570. The Kier molecular flexibility index (Phi) is 6.09. The molecule has 160 valence electrons. The van der Waals surface area contributed by atoms with Gasteiger partial charge in [0.1, 0.15) is 5.75 Å². The molecule has 1 aliphatic heterocycles. The van der Waals surface area contributed by atoms with Gasteiger partial charge in [-0.05, 0) is 53.3 Å². The Hall–Kier alpha value is -3.12. The lowest BCUT2D eigenvalue weighted by Crippen LogP contribution is -2.47. The molecule has 31 heavy (non-hydrogen) atoms. The molecular weight excluding hydrogens is 408 g/mol. The molecule has 0 unspecified atom stereocenters. The Labute approximate surface area is 186 Å². The van der Waals surface area contributed by atoms with E-state index >= 15 is 0 Å². The zero-order valence-electron chi connectivity index (χ0n) is 17.9. The van der Waals surface area contributed by atoms with Crippen LogP contribution < -0.4 is 10.1 Å². The summed E-state index contributed by atoms with van der Waals surface area (Å²) in [5.41, 5.74) is 2.07. The number of methoxy groups -OCH3 is 1. The fraction of sp³-hybridized carbons (Fsp3) is 0.280. The summed E-state index contributed by atoms with van der Waals surface area (Å²) in [5.74, 6) is 0.357. The number of nitrogens with zero attached hydrogens (tertiary/aromatic N) is 1. The van der Waals surface area contributed by atoms with E-state index in [1.807, 2.05) is 70.9 Å². The van der Waals surface area contributed by atoms with Gasteiger partial charge in [0.25, 0.3) is 5.91 Å². The molecule has 3 aromatic rings. The number of ether oxygens (including phenoxy) is 1. The van der Waals surface area contributed by atoms with Crippen molar-refractivity contribution in [2.75, 3.05) is 19.0 Å². The zero-order valence-corrected chi connectivity index (χ0v) is 18.7. The topological polar surface area (TPSA) is 58.6 Å². The summed E-state index contributed by atoms with van der Waals surface area (Å²) in [7, 11) is 1.61. The van der Waals surface area contributed by atoms with Crippen LogP contribution in [0.1, 0.15) is 46.6 Å². The summed E-state index contributed by atoms with van der Waals surface area (Å²) in [6, 6.07) is 18.4. The van der Waals surface area contributed by atoms with Gasteiger partial charge in [0, 0.05) is 22.7 Å². The normalized spacial score (nSPS) is 18.1. The van der Waals surface area contributed by atoms with Gasteiger partial charge in [0.15, 0.2) is 0 Å². The average Bonchev–Trinajstić information content (AvgIpc) is 3.30. The van der Waals surface area contributed by atoms with Crippen LogP contribution in [0.2, 0.25) is 0 Å². The highest BCUT2D eigenvalue weighted by atomic mass is 32.1. The number of benzene rings is 2. The van der Waals surface area contributed by atoms with Gasteiger partial charge in [-0.15, -0.1) is 11.3 Å². The van der Waals surface area contributed by atoms with Gasteiger partial charge in [-0.3, -0.25) is 9.59 Å². The van der Waals surface area contributed by atoms with Gasteiger partial charge in [0.05, 0.1) is 19.1 Å². The van der Waals surface area contributed by atoms with Crippen molar-refractivity contribution in [3.05, 3.63) is 82.0 Å². The molecule has 0 saturated heterocycles. The predicted octanol–water partition coefficient (Wildman–Crippen LogP) is 5.33. The molecule has 1 N–H and O–H groups in total. The van der Waals surface area contributed by atoms with E-state index in [0.717, 1.165) is 16.2 Å². The van der Waals surface area contributed by atoms with Crippen LogP contribution >= 0.6 is 11.3 Å². The Morgan fingerprint density at radius 1 is 1.10 bits per heavy atom. The molecule has 0 spiro atoms. The van der Waals surface area contributed by atoms with Crippen LogP contribution in [0.4, 0.5) is 5.69 Å². The lowest BCUT2D eigenvalue weighted by Gasteiger charge is -2.42. The summed E-state index contributed by atoms with van der Waals surface area (Å²) < 4.78 is 5.21. The second-order valence-corrected chi connectivity index (χ2v) is 9.07. The minimum absolute atomic E-state index is 0.0174. The first-order chi connectivity index (χ1) is 15.0. The first kappa shape index (κ1) is 21.1. The van der Waals surface area contributed by atoms with Crippen molar-refractivity contribution in [2.24, 2.45) is 5.92 Å². The molecule has 5 nitrogen and oxygen atoms in total. The molecule has 1 aromatic heterocycles. The number of carbonyl (C=O) groups excluding carboxylic acids is 2. The summed E-state index contributed by atoms with van der Waals surface area (Å²) in [6.07, 6.45) is 0. The largest absolute Gasteiger partial charge is 0.497 e. The van der Waals surface area contributed by atoms with E-state index in [4.69, 9.17) is 4.74 Å². The first-order valence-corrected chi connectivity index (χ1v) is 11.3. The van der Waals surface area contributed by atoms with E-state index in [2.05, 4.69) is 19.2 Å². The number of fused-ring (bicyclic) bond motifs is 1. The molecule has 2 aromatic carbocycles. The SMILES string of the molecule is COc1ccc(NC(=O)[C@H]2c3ccccc3C(=O)N(CC(C)C)[C@@H]2c2cccs2)cc1. The van der Waals surface area contributed by atoms with Crippen molar-refractivity contribution in [1.82, 2.24) is 4.90 Å². The summed E-state index contributed by atoms with van der Waals surface area (Å²) in [6.45, 7) is 4.76. The molecular formula is C25H26N2O3S. The third-order valence-electron chi connectivity index (χ3n) is 5.48. The van der Waals surface area contributed by atoms with Crippen molar-refractivity contribution in [3.63, 3.8) is 0 Å². The average molecular weight is 435 g/mol. The molecule has 0 radical (unpaired) electrons. The highest BCUT2D eigenvalue weighted by Gasteiger charge is 2.44. The summed E-state index contributed by atoms with van der Waals surface area (Å²) in [5, 5.41) is 5.05. The van der Waals surface area contributed by atoms with Crippen molar-refractivity contribution in [3.8, 4) is 5.75 Å². The van der Waals surface area contributed by atoms with Crippen molar-refractivity contribution in [2.45, 2.75) is 25.8 Å². The lowest BCUT2D eigenvalue weighted by molar-refractivity contribution is -0.119. The van der Waals surface area contributed by atoms with Crippen molar-refractivity contribution in [1.29, 1.82) is 0 Å². The van der Waals surface area contributed by atoms with Crippen LogP contribution in [0.25, 0.3) is 0 Å². The van der Waals surface area contributed by atoms with Gasteiger partial charge in [-0.1, -0.05) is 38.1 Å². The third-order valence-corrected chi connectivity index (χ3v) is 6.42. The Morgan fingerprint density at radius 3 is 2.48 bits per heavy atom. The number of hydrogen-bond donors (Lipinski definition) is 1. The Morgan fingerprint density at radius 2 is 1.84 bits per heavy atom. The highest BCUT2D eigenvalue weighted by molar-refractivity contribution is 7.10. The second kappa shape index (κ2) is 8.94. The van der Waals surface area contributed by atoms with E-state index in [1.165, 1.54) is 0 Å². The van der Waals surface area contributed by atoms with Gasteiger partial charge < -0.3 is 15.0 Å². The molecule has 4 rings (SSSR count). The number of carbonyl (C=O) groups is 2. The molecule has 0 aliphatic carbocycles. The zero-order chi connectivity index (χ0) is 22.0. The van der Waals surface area contributed by atoms with E-state index in [-0.39, 0.29) is 23.8 Å². The van der Waals surface area contributed by atoms with Crippen LogP contribution in [-0.4, -0.2) is 30.4 Å².